The van der Waals surface area contributed by atoms with Crippen molar-refractivity contribution in [2.75, 3.05) is 11.1 Å². The molecular weight excluding hydrogens is 274 g/mol. The molecular formula is C11H10F6N2. The molecule has 0 spiro atoms. The van der Waals surface area contributed by atoms with Gasteiger partial charge in [0.25, 0.3) is 0 Å². The summed E-state index contributed by atoms with van der Waals surface area (Å²) in [6.07, 6.45) is -9.26. The van der Waals surface area contributed by atoms with Crippen LogP contribution in [0.1, 0.15) is 18.4 Å². The van der Waals surface area contributed by atoms with Gasteiger partial charge in [-0.2, -0.15) is 26.3 Å². The number of nitrogen functional groups attached to an aromatic ring is 1. The van der Waals surface area contributed by atoms with Crippen LogP contribution in [0.3, 0.4) is 0 Å². The maximum Gasteiger partial charge on any atom is 0.416 e. The highest BCUT2D eigenvalue weighted by Gasteiger charge is 2.63. The van der Waals surface area contributed by atoms with Crippen molar-refractivity contribution in [1.82, 2.24) is 0 Å². The summed E-state index contributed by atoms with van der Waals surface area (Å²) in [5, 5.41) is 2.20. The molecule has 1 saturated carbocycles. The van der Waals surface area contributed by atoms with Crippen molar-refractivity contribution in [3.63, 3.8) is 0 Å². The van der Waals surface area contributed by atoms with E-state index in [-0.39, 0.29) is 24.2 Å². The van der Waals surface area contributed by atoms with Crippen molar-refractivity contribution in [2.45, 2.75) is 30.7 Å². The summed E-state index contributed by atoms with van der Waals surface area (Å²) in [5.74, 6) is 0. The average molecular weight is 284 g/mol. The van der Waals surface area contributed by atoms with Crippen LogP contribution in [0, 0.1) is 0 Å². The Balaban J connectivity index is 2.24. The van der Waals surface area contributed by atoms with Crippen molar-refractivity contribution < 1.29 is 26.3 Å². The van der Waals surface area contributed by atoms with Gasteiger partial charge in [-0.15, -0.1) is 0 Å². The first-order valence-corrected chi connectivity index (χ1v) is 5.37. The predicted molar refractivity (Wildman–Crippen MR) is 57.5 cm³/mol. The van der Waals surface area contributed by atoms with Gasteiger partial charge in [0.1, 0.15) is 5.54 Å². The Morgan fingerprint density at radius 1 is 1.05 bits per heavy atom. The number of alkyl halides is 6. The van der Waals surface area contributed by atoms with Gasteiger partial charge in [0.05, 0.1) is 16.9 Å². The number of rotatable bonds is 2. The molecule has 0 unspecified atom stereocenters. The van der Waals surface area contributed by atoms with Gasteiger partial charge >= 0.3 is 12.4 Å². The Hall–Kier alpha value is -1.60. The summed E-state index contributed by atoms with van der Waals surface area (Å²) in [4.78, 5) is 0. The molecule has 0 bridgehead atoms. The monoisotopic (exact) mass is 284 g/mol. The Kier molecular flexibility index (Phi) is 2.87. The van der Waals surface area contributed by atoms with E-state index in [2.05, 4.69) is 5.32 Å². The van der Waals surface area contributed by atoms with E-state index in [9.17, 15) is 26.3 Å². The SMILES string of the molecule is Nc1cc(C(F)(F)F)ccc1NC1(C(F)(F)F)CC1. The molecule has 1 aromatic rings. The molecule has 106 valence electrons. The molecule has 1 aromatic carbocycles. The maximum atomic E-state index is 12.7. The fourth-order valence-electron chi connectivity index (χ4n) is 1.72. The van der Waals surface area contributed by atoms with E-state index in [0.29, 0.717) is 12.1 Å². The maximum absolute atomic E-state index is 12.7. The predicted octanol–water partition coefficient (Wildman–Crippen LogP) is 3.79. The van der Waals surface area contributed by atoms with Gasteiger partial charge in [-0.25, -0.2) is 0 Å². The van der Waals surface area contributed by atoms with E-state index < -0.39 is 23.5 Å². The molecule has 0 saturated heterocycles. The van der Waals surface area contributed by atoms with Gasteiger partial charge < -0.3 is 11.1 Å². The summed E-state index contributed by atoms with van der Waals surface area (Å²) in [5.41, 5.74) is 1.83. The van der Waals surface area contributed by atoms with E-state index in [1.807, 2.05) is 0 Å². The second-order valence-corrected chi connectivity index (χ2v) is 4.50. The minimum Gasteiger partial charge on any atom is -0.397 e. The summed E-state index contributed by atoms with van der Waals surface area (Å²) in [6.45, 7) is 0. The highest BCUT2D eigenvalue weighted by molar-refractivity contribution is 5.69. The van der Waals surface area contributed by atoms with Gasteiger partial charge in [0, 0.05) is 0 Å². The first-order valence-electron chi connectivity index (χ1n) is 5.37. The molecule has 1 aliphatic rings. The molecule has 0 aliphatic heterocycles. The quantitative estimate of drug-likeness (QED) is 0.640. The topological polar surface area (TPSA) is 38.0 Å². The van der Waals surface area contributed by atoms with Crippen LogP contribution >= 0.6 is 0 Å². The van der Waals surface area contributed by atoms with Crippen molar-refractivity contribution in [3.05, 3.63) is 23.8 Å². The first kappa shape index (κ1) is 13.8. The van der Waals surface area contributed by atoms with E-state index >= 15 is 0 Å². The smallest absolute Gasteiger partial charge is 0.397 e. The summed E-state index contributed by atoms with van der Waals surface area (Å²) >= 11 is 0. The van der Waals surface area contributed by atoms with Crippen LogP contribution in [0.4, 0.5) is 37.7 Å². The Bertz CT molecular complexity index is 487. The first-order chi connectivity index (χ1) is 8.55. The number of hydrogen-bond acceptors (Lipinski definition) is 2. The highest BCUT2D eigenvalue weighted by atomic mass is 19.4. The van der Waals surface area contributed by atoms with E-state index in [0.717, 1.165) is 6.07 Å². The molecule has 2 nitrogen and oxygen atoms in total. The number of anilines is 2. The highest BCUT2D eigenvalue weighted by Crippen LogP contribution is 2.51. The number of nitrogens with one attached hydrogen (secondary N) is 1. The molecule has 0 amide bonds. The minimum absolute atomic E-state index is 0.114. The molecule has 0 atom stereocenters. The second-order valence-electron chi connectivity index (χ2n) is 4.50. The van der Waals surface area contributed by atoms with Gasteiger partial charge in [-0.05, 0) is 31.0 Å². The van der Waals surface area contributed by atoms with Gasteiger partial charge in [-0.1, -0.05) is 0 Å². The molecule has 3 N–H and O–H groups in total. The molecule has 1 fully saturated rings. The van der Waals surface area contributed by atoms with Crippen LogP contribution in [0.25, 0.3) is 0 Å². The lowest BCUT2D eigenvalue weighted by Crippen LogP contribution is -2.38. The molecule has 1 aliphatic carbocycles. The summed E-state index contributed by atoms with van der Waals surface area (Å²) in [6, 6.07) is 2.24. The van der Waals surface area contributed by atoms with Crippen molar-refractivity contribution in [2.24, 2.45) is 0 Å². The standard InChI is InChI=1S/C11H10F6N2/c12-10(13,14)6-1-2-8(7(18)5-6)19-9(3-4-9)11(15,16)17/h1-2,5,19H,3-4,18H2. The zero-order chi connectivity index (χ0) is 14.5. The molecule has 2 rings (SSSR count). The zero-order valence-electron chi connectivity index (χ0n) is 9.49. The zero-order valence-corrected chi connectivity index (χ0v) is 9.49. The fraction of sp³-hybridized carbons (Fsp3) is 0.455. The van der Waals surface area contributed by atoms with Crippen LogP contribution < -0.4 is 11.1 Å². The Morgan fingerprint density at radius 2 is 1.63 bits per heavy atom. The minimum atomic E-state index is -4.58. The van der Waals surface area contributed by atoms with E-state index in [1.54, 1.807) is 0 Å². The lowest BCUT2D eigenvalue weighted by atomic mass is 10.1. The lowest BCUT2D eigenvalue weighted by Gasteiger charge is -2.23. The average Bonchev–Trinajstić information content (AvgIpc) is 2.99. The number of benzene rings is 1. The van der Waals surface area contributed by atoms with Crippen LogP contribution in [0.15, 0.2) is 18.2 Å². The molecule has 0 radical (unpaired) electrons. The largest absolute Gasteiger partial charge is 0.416 e. The third-order valence-corrected chi connectivity index (χ3v) is 3.05. The fourth-order valence-corrected chi connectivity index (χ4v) is 1.72. The van der Waals surface area contributed by atoms with Crippen molar-refractivity contribution in [3.8, 4) is 0 Å². The third kappa shape index (κ3) is 2.57. The van der Waals surface area contributed by atoms with Crippen molar-refractivity contribution in [1.29, 1.82) is 0 Å². The number of hydrogen-bond donors (Lipinski definition) is 2. The lowest BCUT2D eigenvalue weighted by molar-refractivity contribution is -0.151. The van der Waals surface area contributed by atoms with Crippen LogP contribution in [0.2, 0.25) is 0 Å². The summed E-state index contributed by atoms with van der Waals surface area (Å²) < 4.78 is 75.2. The van der Waals surface area contributed by atoms with Gasteiger partial charge in [-0.3, -0.25) is 0 Å². The van der Waals surface area contributed by atoms with Gasteiger partial charge in [0.2, 0.25) is 0 Å². The van der Waals surface area contributed by atoms with E-state index in [1.165, 1.54) is 0 Å². The third-order valence-electron chi connectivity index (χ3n) is 3.05. The number of nitrogens with two attached hydrogens (primary N) is 1. The summed E-state index contributed by atoms with van der Waals surface area (Å²) in [7, 11) is 0. The second kappa shape index (κ2) is 3.94. The van der Waals surface area contributed by atoms with Crippen molar-refractivity contribution >= 4 is 11.4 Å². The van der Waals surface area contributed by atoms with Crippen LogP contribution in [0.5, 0.6) is 0 Å². The Morgan fingerprint density at radius 3 is 2.00 bits per heavy atom. The molecule has 8 heteroatoms. The number of halogens is 6. The van der Waals surface area contributed by atoms with Crippen LogP contribution in [-0.2, 0) is 6.18 Å². The molecule has 0 aromatic heterocycles. The normalized spacial score (nSPS) is 18.2. The Labute approximate surface area is 104 Å². The van der Waals surface area contributed by atoms with Gasteiger partial charge in [0.15, 0.2) is 0 Å². The van der Waals surface area contributed by atoms with E-state index in [4.69, 9.17) is 5.73 Å². The molecule has 19 heavy (non-hydrogen) atoms. The van der Waals surface area contributed by atoms with Crippen LogP contribution in [-0.4, -0.2) is 11.7 Å². The molecule has 0 heterocycles.